The first kappa shape index (κ1) is 15.5. The zero-order valence-electron chi connectivity index (χ0n) is 10.1. The molecule has 9 nitrogen and oxygen atoms in total. The summed E-state index contributed by atoms with van der Waals surface area (Å²) in [7, 11) is -9.56. The van der Waals surface area contributed by atoms with Crippen LogP contribution in [0.4, 0.5) is 0 Å². The first-order valence-electron chi connectivity index (χ1n) is 5.27. The number of rotatable bonds is 2. The highest BCUT2D eigenvalue weighted by Gasteiger charge is 2.38. The molecule has 0 heterocycles. The molecule has 3 N–H and O–H groups in total. The molecule has 1 aliphatic carbocycles. The molecule has 1 aliphatic rings. The van der Waals surface area contributed by atoms with Gasteiger partial charge in [0.05, 0.1) is 0 Å². The van der Waals surface area contributed by atoms with Gasteiger partial charge in [0.25, 0.3) is 20.2 Å². The van der Waals surface area contributed by atoms with E-state index < -0.39 is 47.4 Å². The van der Waals surface area contributed by atoms with Gasteiger partial charge in [-0.2, -0.15) is 21.6 Å². The predicted molar refractivity (Wildman–Crippen MR) is 69.4 cm³/mol. The summed E-state index contributed by atoms with van der Waals surface area (Å²) in [5.74, 6) is 0. The lowest BCUT2D eigenvalue weighted by molar-refractivity contribution is -0.0190. The van der Waals surface area contributed by atoms with Crippen LogP contribution < -0.4 is 0 Å². The average Bonchev–Trinajstić information content (AvgIpc) is 2.36. The fourth-order valence-corrected chi connectivity index (χ4v) is 3.48. The Labute approximate surface area is 119 Å². The molecule has 0 aromatic heterocycles. The van der Waals surface area contributed by atoms with E-state index in [1.165, 1.54) is 0 Å². The molecule has 0 saturated carbocycles. The number of aliphatic hydroxyl groups excluding tert-OH is 1. The lowest BCUT2D eigenvalue weighted by atomic mass is 9.93. The van der Waals surface area contributed by atoms with Crippen LogP contribution in [0.2, 0.25) is 0 Å². The summed E-state index contributed by atoms with van der Waals surface area (Å²) >= 11 is 0. The Morgan fingerprint density at radius 3 is 2.19 bits per heavy atom. The van der Waals surface area contributed by atoms with Crippen molar-refractivity contribution in [2.24, 2.45) is 0 Å². The molecule has 11 heteroatoms. The molecule has 1 atom stereocenters. The van der Waals surface area contributed by atoms with Crippen LogP contribution in [0.1, 0.15) is 17.2 Å². The number of aliphatic hydroxyl groups is 1. The smallest absolute Gasteiger partial charge is 0.326 e. The molecule has 0 saturated heterocycles. The third-order valence-electron chi connectivity index (χ3n) is 2.84. The molecule has 2 rings (SSSR count). The van der Waals surface area contributed by atoms with Crippen LogP contribution in [-0.4, -0.2) is 41.5 Å². The number of hydrogen-bond acceptors (Lipinski definition) is 5. The van der Waals surface area contributed by atoms with Crippen molar-refractivity contribution in [2.75, 3.05) is 0 Å². The molecule has 0 spiro atoms. The third kappa shape index (κ3) is 2.65. The Morgan fingerprint density at radius 2 is 1.71 bits per heavy atom. The molecular formula is C10H8N2O7S2. The van der Waals surface area contributed by atoms with Crippen LogP contribution in [0, 0.1) is 0 Å². The third-order valence-corrected chi connectivity index (χ3v) is 4.64. The molecular weight excluding hydrogens is 324 g/mol. The van der Waals surface area contributed by atoms with E-state index in [-0.39, 0.29) is 5.56 Å². The van der Waals surface area contributed by atoms with Crippen LogP contribution in [0.5, 0.6) is 0 Å². The lowest BCUT2D eigenvalue weighted by Crippen LogP contribution is -2.23. The van der Waals surface area contributed by atoms with Gasteiger partial charge in [0.2, 0.25) is 0 Å². The Hall–Kier alpha value is -1.88. The molecule has 1 aromatic rings. The zero-order valence-corrected chi connectivity index (χ0v) is 11.7. The molecule has 0 aliphatic heterocycles. The van der Waals surface area contributed by atoms with Gasteiger partial charge in [-0.15, -0.1) is 0 Å². The fourth-order valence-electron chi connectivity index (χ4n) is 2.00. The van der Waals surface area contributed by atoms with Crippen LogP contribution in [0.15, 0.2) is 29.2 Å². The quantitative estimate of drug-likeness (QED) is 0.385. The highest BCUT2D eigenvalue weighted by molar-refractivity contribution is 7.95. The van der Waals surface area contributed by atoms with E-state index >= 15 is 0 Å². The largest absolute Gasteiger partial charge is 0.376 e. The van der Waals surface area contributed by atoms with Crippen molar-refractivity contribution in [3.63, 3.8) is 0 Å². The van der Waals surface area contributed by atoms with Crippen molar-refractivity contribution in [2.45, 2.75) is 11.0 Å². The minimum atomic E-state index is -4.79. The van der Waals surface area contributed by atoms with Crippen LogP contribution >= 0.6 is 0 Å². The lowest BCUT2D eigenvalue weighted by Gasteiger charge is -2.19. The Balaban J connectivity index is 2.98. The number of hydrogen-bond donors (Lipinski definition) is 3. The molecule has 112 valence electrons. The summed E-state index contributed by atoms with van der Waals surface area (Å²) in [5, 5.41) is 9.96. The summed E-state index contributed by atoms with van der Waals surface area (Å²) in [5.41, 5.74) is 7.32. The highest BCUT2D eigenvalue weighted by Crippen LogP contribution is 2.37. The SMILES string of the molecule is [N-]=[N+]=C1C=C(S(=O)(=O)O)c2cccc(S(=O)(=O)O)c2C1O. The van der Waals surface area contributed by atoms with E-state index in [0.717, 1.165) is 18.2 Å². The van der Waals surface area contributed by atoms with Crippen molar-refractivity contribution in [3.8, 4) is 0 Å². The topological polar surface area (TPSA) is 165 Å². The maximum Gasteiger partial charge on any atom is 0.326 e. The van der Waals surface area contributed by atoms with Gasteiger partial charge in [-0.3, -0.25) is 9.11 Å². The normalized spacial score (nSPS) is 18.7. The Kier molecular flexibility index (Phi) is 3.58. The van der Waals surface area contributed by atoms with E-state index in [1.54, 1.807) is 0 Å². The van der Waals surface area contributed by atoms with Gasteiger partial charge in [-0.05, 0) is 6.07 Å². The van der Waals surface area contributed by atoms with Crippen LogP contribution in [0.3, 0.4) is 0 Å². The predicted octanol–water partition coefficient (Wildman–Crippen LogP) is -0.120. The van der Waals surface area contributed by atoms with Crippen molar-refractivity contribution < 1.29 is 35.8 Å². The van der Waals surface area contributed by atoms with Gasteiger partial charge < -0.3 is 10.6 Å². The Morgan fingerprint density at radius 1 is 1.10 bits per heavy atom. The molecule has 0 amide bonds. The Bertz CT molecular complexity index is 909. The maximum absolute atomic E-state index is 11.3. The standard InChI is InChI=1S/C10H8N2O7S2/c11-12-6-4-8(21(17,18)19)5-2-1-3-7(20(14,15)16)9(5)10(6)13/h1-4,10,13H,(H,14,15,16)(H,17,18,19). The first-order valence-corrected chi connectivity index (χ1v) is 8.15. The van der Waals surface area contributed by atoms with Gasteiger partial charge in [-0.1, -0.05) is 12.1 Å². The first-order chi connectivity index (χ1) is 9.57. The summed E-state index contributed by atoms with van der Waals surface area (Å²) in [6.07, 6.45) is -1.11. The minimum absolute atomic E-state index is 0.326. The number of fused-ring (bicyclic) bond motifs is 1. The summed E-state index contributed by atoms with van der Waals surface area (Å²) in [6, 6.07) is 3.18. The van der Waals surface area contributed by atoms with Gasteiger partial charge in [0.1, 0.15) is 9.80 Å². The molecule has 0 fully saturated rings. The number of nitrogens with zero attached hydrogens (tertiary/aromatic N) is 2. The van der Waals surface area contributed by atoms with E-state index in [2.05, 4.69) is 4.79 Å². The second kappa shape index (κ2) is 4.84. The van der Waals surface area contributed by atoms with Crippen molar-refractivity contribution in [1.82, 2.24) is 0 Å². The molecule has 0 radical (unpaired) electrons. The summed E-state index contributed by atoms with van der Waals surface area (Å²) in [4.78, 5) is 1.13. The maximum atomic E-state index is 11.3. The van der Waals surface area contributed by atoms with Crippen molar-refractivity contribution in [3.05, 3.63) is 40.9 Å². The van der Waals surface area contributed by atoms with E-state index in [4.69, 9.17) is 14.6 Å². The molecule has 0 bridgehead atoms. The van der Waals surface area contributed by atoms with E-state index in [1.807, 2.05) is 0 Å². The monoisotopic (exact) mass is 332 g/mol. The number of benzene rings is 1. The molecule has 21 heavy (non-hydrogen) atoms. The summed E-state index contributed by atoms with van der Waals surface area (Å²) < 4.78 is 63.6. The van der Waals surface area contributed by atoms with Crippen molar-refractivity contribution >= 4 is 30.9 Å². The molecule has 1 unspecified atom stereocenters. The van der Waals surface area contributed by atoms with Gasteiger partial charge in [0.15, 0.2) is 6.10 Å². The fraction of sp³-hybridized carbons (Fsp3) is 0.100. The zero-order chi connectivity index (χ0) is 16.0. The van der Waals surface area contributed by atoms with Crippen molar-refractivity contribution in [1.29, 1.82) is 0 Å². The van der Waals surface area contributed by atoms with Gasteiger partial charge in [0, 0.05) is 17.2 Å². The van der Waals surface area contributed by atoms with Crippen LogP contribution in [0.25, 0.3) is 10.4 Å². The highest BCUT2D eigenvalue weighted by atomic mass is 32.2. The van der Waals surface area contributed by atoms with Crippen LogP contribution in [-0.2, 0) is 20.2 Å². The van der Waals surface area contributed by atoms with E-state index in [0.29, 0.717) is 6.08 Å². The minimum Gasteiger partial charge on any atom is -0.376 e. The van der Waals surface area contributed by atoms with Gasteiger partial charge >= 0.3 is 5.71 Å². The summed E-state index contributed by atoms with van der Waals surface area (Å²) in [6.45, 7) is 0. The van der Waals surface area contributed by atoms with Gasteiger partial charge in [-0.25, -0.2) is 0 Å². The van der Waals surface area contributed by atoms with E-state index in [9.17, 15) is 21.9 Å². The molecule has 1 aromatic carbocycles. The second-order valence-electron chi connectivity index (χ2n) is 4.10. The second-order valence-corrected chi connectivity index (χ2v) is 6.88. The average molecular weight is 332 g/mol.